The Morgan fingerprint density at radius 3 is 1.81 bits per heavy atom. The Bertz CT molecular complexity index is 403. The lowest BCUT2D eigenvalue weighted by atomic mass is 9.76. The summed E-state index contributed by atoms with van der Waals surface area (Å²) in [6.45, 7) is 0. The molecule has 0 aromatic carbocycles. The van der Waals surface area contributed by atoms with Crippen molar-refractivity contribution in [3.05, 3.63) is 0 Å². The van der Waals surface area contributed by atoms with Gasteiger partial charge in [0.05, 0.1) is 18.2 Å². The summed E-state index contributed by atoms with van der Waals surface area (Å²) in [6.07, 6.45) is -10.4. The van der Waals surface area contributed by atoms with Gasteiger partial charge in [-0.25, -0.2) is 9.59 Å². The number of carboxylic acid groups (broad SMARTS) is 2. The summed E-state index contributed by atoms with van der Waals surface area (Å²) in [5.41, 5.74) is 2.74. The van der Waals surface area contributed by atoms with E-state index < -0.39 is 54.5 Å². The first-order chi connectivity index (χ1) is 9.25. The third-order valence-corrected chi connectivity index (χ3v) is 2.78. The molecule has 8 N–H and O–H groups in total. The fraction of sp³-hybridized carbons (Fsp3) is 0.778. The maximum Gasteiger partial charge on any atom is 0.490 e. The lowest BCUT2D eigenvalue weighted by molar-refractivity contribution is -0.200. The fourth-order valence-electron chi connectivity index (χ4n) is 1.54. The topological polar surface area (TPSA) is 182 Å². The number of carboxylic acids is 2. The molecule has 5 atom stereocenters. The molecular formula is C9H14F3NO8. The summed E-state index contributed by atoms with van der Waals surface area (Å²) < 4.78 is 31.7. The highest BCUT2D eigenvalue weighted by Gasteiger charge is 2.55. The Balaban J connectivity index is 0.000000486. The zero-order valence-corrected chi connectivity index (χ0v) is 10.2. The molecular weight excluding hydrogens is 307 g/mol. The van der Waals surface area contributed by atoms with Crippen molar-refractivity contribution in [1.82, 2.24) is 0 Å². The second kappa shape index (κ2) is 6.53. The van der Waals surface area contributed by atoms with Crippen LogP contribution in [-0.2, 0) is 9.59 Å². The maximum absolute atomic E-state index is 10.6. The van der Waals surface area contributed by atoms with Crippen LogP contribution in [0.15, 0.2) is 0 Å². The van der Waals surface area contributed by atoms with Gasteiger partial charge in [0.15, 0.2) is 5.60 Å². The van der Waals surface area contributed by atoms with E-state index in [1.165, 1.54) is 0 Å². The van der Waals surface area contributed by atoms with Crippen molar-refractivity contribution in [1.29, 1.82) is 0 Å². The number of halogens is 3. The van der Waals surface area contributed by atoms with Crippen LogP contribution in [0, 0.1) is 0 Å². The molecule has 1 aliphatic carbocycles. The van der Waals surface area contributed by atoms with E-state index in [-0.39, 0.29) is 0 Å². The molecule has 124 valence electrons. The van der Waals surface area contributed by atoms with Crippen LogP contribution in [0.3, 0.4) is 0 Å². The van der Waals surface area contributed by atoms with Gasteiger partial charge in [-0.05, 0) is 0 Å². The Kier molecular flexibility index (Phi) is 6.07. The number of aliphatic hydroxyl groups is 4. The van der Waals surface area contributed by atoms with Gasteiger partial charge in [-0.1, -0.05) is 0 Å². The first kappa shape index (κ1) is 19.5. The van der Waals surface area contributed by atoms with E-state index in [2.05, 4.69) is 0 Å². The molecule has 0 bridgehead atoms. The van der Waals surface area contributed by atoms with Crippen molar-refractivity contribution in [3.63, 3.8) is 0 Å². The zero-order chi connectivity index (χ0) is 17.2. The SMILES string of the molecule is N[C@@H]1[C@@H](O)[C@H](O)C[C@](O)(C(=O)O)[C@H]1O.O=C(O)C(F)(F)F. The number of rotatable bonds is 1. The third-order valence-electron chi connectivity index (χ3n) is 2.78. The molecule has 12 heteroatoms. The van der Waals surface area contributed by atoms with Gasteiger partial charge in [-0.2, -0.15) is 13.2 Å². The van der Waals surface area contributed by atoms with Gasteiger partial charge in [-0.3, -0.25) is 0 Å². The molecule has 0 spiro atoms. The van der Waals surface area contributed by atoms with Crippen LogP contribution in [0.25, 0.3) is 0 Å². The number of nitrogens with two attached hydrogens (primary N) is 1. The molecule has 0 radical (unpaired) electrons. The number of carbonyl (C=O) groups is 2. The summed E-state index contributed by atoms with van der Waals surface area (Å²) >= 11 is 0. The van der Waals surface area contributed by atoms with E-state index in [4.69, 9.17) is 20.7 Å². The Hall–Kier alpha value is -1.47. The monoisotopic (exact) mass is 321 g/mol. The Morgan fingerprint density at radius 1 is 1.14 bits per heavy atom. The Labute approximate surface area is 115 Å². The average molecular weight is 321 g/mol. The number of hydrogen-bond donors (Lipinski definition) is 7. The standard InChI is InChI=1S/C7H13NO6.C2HF3O2/c8-3-4(10)2(9)1-7(14,5(3)11)6(12)13;3-2(4,5)1(6)7/h2-5,9-11,14H,1,8H2,(H,12,13);(H,6,7)/t2-,3-,4+,5+,7-;/m1./s1. The average Bonchev–Trinajstić information content (AvgIpc) is 2.33. The van der Waals surface area contributed by atoms with Crippen LogP contribution in [0.5, 0.6) is 0 Å². The van der Waals surface area contributed by atoms with E-state index in [0.717, 1.165) is 0 Å². The van der Waals surface area contributed by atoms with Crippen LogP contribution in [0.1, 0.15) is 6.42 Å². The minimum atomic E-state index is -5.08. The van der Waals surface area contributed by atoms with E-state index >= 15 is 0 Å². The van der Waals surface area contributed by atoms with Crippen molar-refractivity contribution >= 4 is 11.9 Å². The predicted octanol–water partition coefficient (Wildman–Crippen LogP) is -2.75. The molecule has 0 heterocycles. The molecule has 9 nitrogen and oxygen atoms in total. The first-order valence-corrected chi connectivity index (χ1v) is 5.30. The summed E-state index contributed by atoms with van der Waals surface area (Å²) in [7, 11) is 0. The van der Waals surface area contributed by atoms with Gasteiger partial charge in [0.1, 0.15) is 6.10 Å². The normalized spacial score (nSPS) is 36.4. The lowest BCUT2D eigenvalue weighted by Crippen LogP contribution is -2.68. The highest BCUT2D eigenvalue weighted by molar-refractivity contribution is 5.78. The highest BCUT2D eigenvalue weighted by Crippen LogP contribution is 2.28. The van der Waals surface area contributed by atoms with Gasteiger partial charge in [-0.15, -0.1) is 0 Å². The molecule has 21 heavy (non-hydrogen) atoms. The maximum atomic E-state index is 10.6. The number of aliphatic carboxylic acids is 2. The summed E-state index contributed by atoms with van der Waals surface area (Å²) in [4.78, 5) is 19.5. The van der Waals surface area contributed by atoms with Crippen LogP contribution >= 0.6 is 0 Å². The second-order valence-corrected chi connectivity index (χ2v) is 4.32. The van der Waals surface area contributed by atoms with Gasteiger partial charge in [0.2, 0.25) is 0 Å². The molecule has 0 amide bonds. The summed E-state index contributed by atoms with van der Waals surface area (Å²) in [5.74, 6) is -4.43. The molecule has 1 rings (SSSR count). The molecule has 0 aromatic rings. The lowest BCUT2D eigenvalue weighted by Gasteiger charge is -2.42. The molecule has 1 aliphatic rings. The smallest absolute Gasteiger partial charge is 0.479 e. The van der Waals surface area contributed by atoms with E-state index in [0.29, 0.717) is 0 Å². The van der Waals surface area contributed by atoms with Gasteiger partial charge < -0.3 is 36.4 Å². The van der Waals surface area contributed by atoms with Crippen LogP contribution in [0.4, 0.5) is 13.2 Å². The van der Waals surface area contributed by atoms with Gasteiger partial charge in [0.25, 0.3) is 0 Å². The van der Waals surface area contributed by atoms with Crippen molar-refractivity contribution < 1.29 is 53.4 Å². The second-order valence-electron chi connectivity index (χ2n) is 4.32. The molecule has 0 aromatic heterocycles. The number of hydrogen-bond acceptors (Lipinski definition) is 7. The minimum Gasteiger partial charge on any atom is -0.479 e. The highest BCUT2D eigenvalue weighted by atomic mass is 19.4. The van der Waals surface area contributed by atoms with Crippen LogP contribution in [0.2, 0.25) is 0 Å². The first-order valence-electron chi connectivity index (χ1n) is 5.30. The van der Waals surface area contributed by atoms with Gasteiger partial charge in [0, 0.05) is 6.42 Å². The van der Waals surface area contributed by atoms with Crippen LogP contribution < -0.4 is 5.73 Å². The largest absolute Gasteiger partial charge is 0.490 e. The fourth-order valence-corrected chi connectivity index (χ4v) is 1.54. The summed E-state index contributed by atoms with van der Waals surface area (Å²) in [6, 6.07) is -1.39. The number of alkyl halides is 3. The zero-order valence-electron chi connectivity index (χ0n) is 10.2. The number of aliphatic hydroxyl groups excluding tert-OH is 3. The molecule has 0 saturated heterocycles. The van der Waals surface area contributed by atoms with Crippen molar-refractivity contribution in [2.75, 3.05) is 0 Å². The van der Waals surface area contributed by atoms with Gasteiger partial charge >= 0.3 is 18.1 Å². The van der Waals surface area contributed by atoms with E-state index in [9.17, 15) is 38.4 Å². The van der Waals surface area contributed by atoms with E-state index in [1.807, 2.05) is 0 Å². The molecule has 1 fully saturated rings. The van der Waals surface area contributed by atoms with Crippen molar-refractivity contribution in [2.24, 2.45) is 5.73 Å². The summed E-state index contributed by atoms with van der Waals surface area (Å²) in [5, 5.41) is 52.9. The molecule has 0 unspecified atom stereocenters. The quantitative estimate of drug-likeness (QED) is 0.269. The Morgan fingerprint density at radius 2 is 1.52 bits per heavy atom. The van der Waals surface area contributed by atoms with Crippen molar-refractivity contribution in [3.8, 4) is 0 Å². The van der Waals surface area contributed by atoms with Crippen LogP contribution in [-0.4, -0.2) is 78.7 Å². The molecule has 1 saturated carbocycles. The third kappa shape index (κ3) is 4.50. The van der Waals surface area contributed by atoms with E-state index in [1.54, 1.807) is 0 Å². The molecule has 0 aliphatic heterocycles. The minimum absolute atomic E-state index is 0.654. The van der Waals surface area contributed by atoms with Crippen molar-refractivity contribution in [2.45, 2.75) is 42.6 Å². The predicted molar refractivity (Wildman–Crippen MR) is 56.9 cm³/mol.